The summed E-state index contributed by atoms with van der Waals surface area (Å²) in [6, 6.07) is 7.29. The maximum absolute atomic E-state index is 15.7. The first-order valence-corrected chi connectivity index (χ1v) is 11.5. The summed E-state index contributed by atoms with van der Waals surface area (Å²) >= 11 is 3.44. The standard InChI is InChI=1S/C24H26BrFN4O2/c1-3-4-5-10-30-14-27-23-20(30)12-18(24(31)29-32-13-16-6-7-16)22(21(23)26)28-19-9-8-17(25)11-15(19)2/h3,8-9,11-12,14,16,28H,1,4-7,10,13H2,2H3,(H,29,31). The molecule has 0 aliphatic heterocycles. The number of nitrogens with zero attached hydrogens (tertiary/aromatic N) is 2. The molecule has 1 saturated carbocycles. The van der Waals surface area contributed by atoms with Gasteiger partial charge in [0.15, 0.2) is 5.82 Å². The molecule has 1 aliphatic carbocycles. The number of unbranched alkanes of at least 4 members (excludes halogenated alkanes) is 1. The second-order valence-corrected chi connectivity index (χ2v) is 9.04. The van der Waals surface area contributed by atoms with E-state index in [1.165, 1.54) is 0 Å². The van der Waals surface area contributed by atoms with Crippen LogP contribution in [0.4, 0.5) is 15.8 Å². The van der Waals surface area contributed by atoms with Crippen LogP contribution in [0.1, 0.15) is 41.6 Å². The first kappa shape index (κ1) is 22.5. The van der Waals surface area contributed by atoms with Crippen LogP contribution in [0.15, 0.2) is 47.7 Å². The van der Waals surface area contributed by atoms with Gasteiger partial charge in [0.05, 0.1) is 29.7 Å². The minimum absolute atomic E-state index is 0.0757. The number of nitrogens with one attached hydrogen (secondary N) is 2. The van der Waals surface area contributed by atoms with Gasteiger partial charge in [0, 0.05) is 16.7 Å². The van der Waals surface area contributed by atoms with Crippen molar-refractivity contribution in [2.75, 3.05) is 11.9 Å². The fourth-order valence-electron chi connectivity index (χ4n) is 3.51. The number of carbonyl (C=O) groups excluding carboxylic acids is 1. The van der Waals surface area contributed by atoms with E-state index in [9.17, 15) is 4.79 Å². The number of benzene rings is 2. The molecule has 0 atom stereocenters. The molecule has 168 valence electrons. The number of carbonyl (C=O) groups is 1. The summed E-state index contributed by atoms with van der Waals surface area (Å²) in [7, 11) is 0. The van der Waals surface area contributed by atoms with Crippen LogP contribution in [0, 0.1) is 18.7 Å². The Balaban J connectivity index is 1.71. The largest absolute Gasteiger partial charge is 0.352 e. The average molecular weight is 501 g/mol. The summed E-state index contributed by atoms with van der Waals surface area (Å²) < 4.78 is 18.4. The molecular formula is C24H26BrFN4O2. The fourth-order valence-corrected chi connectivity index (χ4v) is 3.99. The van der Waals surface area contributed by atoms with E-state index in [-0.39, 0.29) is 16.8 Å². The lowest BCUT2D eigenvalue weighted by Crippen LogP contribution is -2.26. The van der Waals surface area contributed by atoms with Crippen molar-refractivity contribution in [3.05, 3.63) is 64.7 Å². The molecule has 32 heavy (non-hydrogen) atoms. The molecule has 1 amide bonds. The fraction of sp³-hybridized carbons (Fsp3) is 0.333. The molecule has 6 nitrogen and oxygen atoms in total. The molecule has 0 spiro atoms. The lowest BCUT2D eigenvalue weighted by atomic mass is 10.1. The number of hydrogen-bond acceptors (Lipinski definition) is 4. The van der Waals surface area contributed by atoms with Crippen LogP contribution in [0.2, 0.25) is 0 Å². The van der Waals surface area contributed by atoms with Crippen LogP contribution in [-0.4, -0.2) is 22.1 Å². The van der Waals surface area contributed by atoms with E-state index in [4.69, 9.17) is 4.84 Å². The number of fused-ring (bicyclic) bond motifs is 1. The van der Waals surface area contributed by atoms with E-state index < -0.39 is 11.7 Å². The SMILES string of the molecule is C=CCCCn1cnc2c(F)c(Nc3ccc(Br)cc3C)c(C(=O)NOCC3CC3)cc21. The van der Waals surface area contributed by atoms with Crippen molar-refractivity contribution in [1.82, 2.24) is 15.0 Å². The second kappa shape index (κ2) is 9.83. The number of allylic oxidation sites excluding steroid dienone is 1. The number of imidazole rings is 1. The highest BCUT2D eigenvalue weighted by Crippen LogP contribution is 2.33. The maximum Gasteiger partial charge on any atom is 0.277 e. The van der Waals surface area contributed by atoms with Gasteiger partial charge in [-0.3, -0.25) is 9.63 Å². The molecule has 1 heterocycles. The van der Waals surface area contributed by atoms with Crippen molar-refractivity contribution in [3.63, 3.8) is 0 Å². The van der Waals surface area contributed by atoms with Crippen molar-refractivity contribution >= 4 is 44.2 Å². The van der Waals surface area contributed by atoms with Crippen LogP contribution >= 0.6 is 15.9 Å². The van der Waals surface area contributed by atoms with E-state index in [0.29, 0.717) is 30.3 Å². The molecule has 3 aromatic rings. The molecule has 1 fully saturated rings. The molecular weight excluding hydrogens is 475 g/mol. The molecule has 2 aromatic carbocycles. The highest BCUT2D eigenvalue weighted by Gasteiger charge is 2.24. The lowest BCUT2D eigenvalue weighted by molar-refractivity contribution is 0.0271. The van der Waals surface area contributed by atoms with Gasteiger partial charge in [-0.1, -0.05) is 22.0 Å². The first-order chi connectivity index (χ1) is 15.5. The Kier molecular flexibility index (Phi) is 6.91. The van der Waals surface area contributed by atoms with Gasteiger partial charge in [-0.2, -0.15) is 0 Å². The summed E-state index contributed by atoms with van der Waals surface area (Å²) in [5.41, 5.74) is 5.11. The van der Waals surface area contributed by atoms with Crippen molar-refractivity contribution in [2.45, 2.75) is 39.2 Å². The Bertz CT molecular complexity index is 1160. The topological polar surface area (TPSA) is 68.2 Å². The van der Waals surface area contributed by atoms with Gasteiger partial charge in [0.1, 0.15) is 5.52 Å². The molecule has 4 rings (SSSR count). The van der Waals surface area contributed by atoms with Gasteiger partial charge in [-0.15, -0.1) is 6.58 Å². The molecule has 1 aromatic heterocycles. The first-order valence-electron chi connectivity index (χ1n) is 10.7. The van der Waals surface area contributed by atoms with E-state index in [1.807, 2.05) is 35.8 Å². The summed E-state index contributed by atoms with van der Waals surface area (Å²) in [6.45, 7) is 6.77. The van der Waals surface area contributed by atoms with Gasteiger partial charge >= 0.3 is 0 Å². The lowest BCUT2D eigenvalue weighted by Gasteiger charge is -2.16. The molecule has 0 unspecified atom stereocenters. The van der Waals surface area contributed by atoms with Gasteiger partial charge < -0.3 is 9.88 Å². The molecule has 2 N–H and O–H groups in total. The van der Waals surface area contributed by atoms with E-state index in [2.05, 4.69) is 38.3 Å². The number of aryl methyl sites for hydroxylation is 2. The number of rotatable bonds is 10. The summed E-state index contributed by atoms with van der Waals surface area (Å²) in [6.07, 6.45) is 7.36. The molecule has 0 radical (unpaired) electrons. The summed E-state index contributed by atoms with van der Waals surface area (Å²) in [5.74, 6) is -0.578. The second-order valence-electron chi connectivity index (χ2n) is 8.12. The third kappa shape index (κ3) is 5.02. The Labute approximate surface area is 194 Å². The smallest absolute Gasteiger partial charge is 0.277 e. The maximum atomic E-state index is 15.7. The third-order valence-corrected chi connectivity index (χ3v) is 6.03. The number of hydroxylamine groups is 1. The van der Waals surface area contributed by atoms with Gasteiger partial charge in [0.2, 0.25) is 0 Å². The number of halogens is 2. The number of hydrogen-bond donors (Lipinski definition) is 2. The predicted octanol–water partition coefficient (Wildman–Crippen LogP) is 6.03. The summed E-state index contributed by atoms with van der Waals surface area (Å²) in [5, 5.41) is 3.11. The van der Waals surface area contributed by atoms with Gasteiger partial charge in [-0.25, -0.2) is 14.9 Å². The minimum atomic E-state index is -0.570. The van der Waals surface area contributed by atoms with Crippen molar-refractivity contribution in [1.29, 1.82) is 0 Å². The van der Waals surface area contributed by atoms with E-state index >= 15 is 4.39 Å². The van der Waals surface area contributed by atoms with Crippen LogP contribution in [0.3, 0.4) is 0 Å². The summed E-state index contributed by atoms with van der Waals surface area (Å²) in [4.78, 5) is 22.6. The Morgan fingerprint density at radius 1 is 1.41 bits per heavy atom. The van der Waals surface area contributed by atoms with Gasteiger partial charge in [0.25, 0.3) is 5.91 Å². The van der Waals surface area contributed by atoms with Crippen LogP contribution < -0.4 is 10.8 Å². The van der Waals surface area contributed by atoms with Crippen molar-refractivity contribution < 1.29 is 14.0 Å². The zero-order valence-corrected chi connectivity index (χ0v) is 19.5. The zero-order valence-electron chi connectivity index (χ0n) is 18.0. The Morgan fingerprint density at radius 2 is 2.22 bits per heavy atom. The van der Waals surface area contributed by atoms with Crippen LogP contribution in [-0.2, 0) is 11.4 Å². The van der Waals surface area contributed by atoms with Crippen molar-refractivity contribution in [3.8, 4) is 0 Å². The van der Waals surface area contributed by atoms with Crippen LogP contribution in [0.5, 0.6) is 0 Å². The molecule has 0 saturated heterocycles. The molecule has 1 aliphatic rings. The number of aromatic nitrogens is 2. The molecule has 8 heteroatoms. The van der Waals surface area contributed by atoms with E-state index in [1.54, 1.807) is 12.4 Å². The minimum Gasteiger partial charge on any atom is -0.352 e. The Morgan fingerprint density at radius 3 is 2.94 bits per heavy atom. The van der Waals surface area contributed by atoms with Crippen molar-refractivity contribution in [2.24, 2.45) is 5.92 Å². The third-order valence-electron chi connectivity index (χ3n) is 5.54. The average Bonchev–Trinajstić information content (AvgIpc) is 3.50. The molecule has 0 bridgehead atoms. The normalized spacial score (nSPS) is 13.3. The highest BCUT2D eigenvalue weighted by molar-refractivity contribution is 9.10. The number of anilines is 2. The monoisotopic (exact) mass is 500 g/mol. The van der Waals surface area contributed by atoms with E-state index in [0.717, 1.165) is 35.7 Å². The van der Waals surface area contributed by atoms with Crippen LogP contribution in [0.25, 0.3) is 11.0 Å². The quantitative estimate of drug-likeness (QED) is 0.202. The predicted molar refractivity (Wildman–Crippen MR) is 127 cm³/mol. The Hall–Kier alpha value is -2.71. The zero-order chi connectivity index (χ0) is 22.7. The highest BCUT2D eigenvalue weighted by atomic mass is 79.9. The number of amides is 1. The van der Waals surface area contributed by atoms with Gasteiger partial charge in [-0.05, 0) is 68.4 Å².